The van der Waals surface area contributed by atoms with Crippen LogP contribution in [0.1, 0.15) is 25.8 Å². The molecule has 0 bridgehead atoms. The first-order valence-corrected chi connectivity index (χ1v) is 10.1. The van der Waals surface area contributed by atoms with Crippen molar-refractivity contribution in [2.45, 2.75) is 25.2 Å². The van der Waals surface area contributed by atoms with Gasteiger partial charge in [0.05, 0.1) is 27.0 Å². The summed E-state index contributed by atoms with van der Waals surface area (Å²) >= 11 is 0. The molecule has 0 aliphatic carbocycles. The fourth-order valence-electron chi connectivity index (χ4n) is 3.06. The predicted molar refractivity (Wildman–Crippen MR) is 102 cm³/mol. The Morgan fingerprint density at radius 1 is 1.22 bits per heavy atom. The number of carbonyl (C=O) groups excluding carboxylic acids is 1. The number of carbonyl (C=O) groups is 1. The van der Waals surface area contributed by atoms with Crippen molar-refractivity contribution in [2.24, 2.45) is 11.0 Å². The third-order valence-electron chi connectivity index (χ3n) is 4.22. The maximum Gasteiger partial charge on any atom is 0.240 e. The fraction of sp³-hybridized carbons (Fsp3) is 0.444. The molecule has 1 unspecified atom stereocenters. The van der Waals surface area contributed by atoms with Crippen LogP contribution < -0.4 is 19.6 Å². The molecule has 148 valence electrons. The highest BCUT2D eigenvalue weighted by Gasteiger charge is 2.27. The van der Waals surface area contributed by atoms with Gasteiger partial charge in [0, 0.05) is 24.2 Å². The van der Waals surface area contributed by atoms with E-state index >= 15 is 0 Å². The van der Waals surface area contributed by atoms with Crippen molar-refractivity contribution in [1.29, 1.82) is 0 Å². The van der Waals surface area contributed by atoms with Gasteiger partial charge in [0.25, 0.3) is 0 Å². The fourth-order valence-corrected chi connectivity index (χ4v) is 4.08. The van der Waals surface area contributed by atoms with Crippen LogP contribution in [0.5, 0.6) is 17.2 Å². The van der Waals surface area contributed by atoms with Crippen molar-refractivity contribution in [1.82, 2.24) is 5.43 Å². The molecule has 9 heteroatoms. The van der Waals surface area contributed by atoms with Crippen LogP contribution in [0.25, 0.3) is 6.08 Å². The standard InChI is InChI=1S/C18H24N2O6S/c1-10(15-11(2)8-14(21)19-20-15)7-12-9-13(24-3)18(27(6,22)23)17(26-5)16(12)25-4/h7,9,11H,8H2,1-6H3,(H,19,21). The van der Waals surface area contributed by atoms with Crippen LogP contribution in [-0.2, 0) is 14.6 Å². The average molecular weight is 396 g/mol. The summed E-state index contributed by atoms with van der Waals surface area (Å²) in [5.74, 6) is 0.329. The first-order chi connectivity index (χ1) is 12.6. The lowest BCUT2D eigenvalue weighted by atomic mass is 9.93. The van der Waals surface area contributed by atoms with E-state index in [1.165, 1.54) is 21.3 Å². The van der Waals surface area contributed by atoms with Crippen LogP contribution in [0.3, 0.4) is 0 Å². The molecule has 1 aliphatic heterocycles. The number of allylic oxidation sites excluding steroid dienone is 1. The Bertz CT molecular complexity index is 918. The number of hydrogen-bond donors (Lipinski definition) is 1. The second-order valence-electron chi connectivity index (χ2n) is 6.30. The Kier molecular flexibility index (Phi) is 6.15. The molecular formula is C18H24N2O6S. The molecular weight excluding hydrogens is 372 g/mol. The third-order valence-corrected chi connectivity index (χ3v) is 5.35. The highest BCUT2D eigenvalue weighted by molar-refractivity contribution is 7.91. The summed E-state index contributed by atoms with van der Waals surface area (Å²) in [6, 6.07) is 1.58. The van der Waals surface area contributed by atoms with E-state index in [0.717, 1.165) is 17.5 Å². The van der Waals surface area contributed by atoms with Gasteiger partial charge in [0.2, 0.25) is 5.91 Å². The monoisotopic (exact) mass is 396 g/mol. The molecule has 0 saturated heterocycles. The lowest BCUT2D eigenvalue weighted by molar-refractivity contribution is -0.121. The lowest BCUT2D eigenvalue weighted by Gasteiger charge is -2.21. The van der Waals surface area contributed by atoms with Crippen molar-refractivity contribution >= 4 is 27.5 Å². The molecule has 1 aromatic carbocycles. The summed E-state index contributed by atoms with van der Waals surface area (Å²) in [6.45, 7) is 3.77. The molecule has 1 atom stereocenters. The first-order valence-electron chi connectivity index (χ1n) is 8.22. The number of hydrazone groups is 1. The van der Waals surface area contributed by atoms with Crippen molar-refractivity contribution in [3.8, 4) is 17.2 Å². The maximum absolute atomic E-state index is 12.2. The molecule has 0 saturated carbocycles. The van der Waals surface area contributed by atoms with Crippen LogP contribution in [0.15, 0.2) is 21.6 Å². The summed E-state index contributed by atoms with van der Waals surface area (Å²) in [5.41, 5.74) is 4.59. The molecule has 1 amide bonds. The molecule has 1 N–H and O–H groups in total. The zero-order chi connectivity index (χ0) is 20.4. The van der Waals surface area contributed by atoms with Gasteiger partial charge in [-0.15, -0.1) is 0 Å². The predicted octanol–water partition coefficient (Wildman–Crippen LogP) is 2.03. The molecule has 0 aromatic heterocycles. The van der Waals surface area contributed by atoms with Crippen LogP contribution in [0.2, 0.25) is 0 Å². The summed E-state index contributed by atoms with van der Waals surface area (Å²) in [5, 5.41) is 4.13. The van der Waals surface area contributed by atoms with Crippen molar-refractivity contribution in [2.75, 3.05) is 27.6 Å². The Labute approximate surface area is 159 Å². The molecule has 27 heavy (non-hydrogen) atoms. The number of nitrogens with zero attached hydrogens (tertiary/aromatic N) is 1. The van der Waals surface area contributed by atoms with Crippen molar-refractivity contribution in [3.05, 3.63) is 17.2 Å². The topological polar surface area (TPSA) is 103 Å². The number of hydrogen-bond acceptors (Lipinski definition) is 7. The van der Waals surface area contributed by atoms with Crippen LogP contribution in [0, 0.1) is 5.92 Å². The minimum Gasteiger partial charge on any atom is -0.495 e. The summed E-state index contributed by atoms with van der Waals surface area (Å²) < 4.78 is 40.5. The van der Waals surface area contributed by atoms with E-state index < -0.39 is 9.84 Å². The van der Waals surface area contributed by atoms with E-state index in [2.05, 4.69) is 10.5 Å². The number of nitrogens with one attached hydrogen (secondary N) is 1. The van der Waals surface area contributed by atoms with E-state index in [1.54, 1.807) is 12.1 Å². The van der Waals surface area contributed by atoms with Gasteiger partial charge >= 0.3 is 0 Å². The molecule has 0 spiro atoms. The maximum atomic E-state index is 12.2. The zero-order valence-electron chi connectivity index (χ0n) is 16.2. The van der Waals surface area contributed by atoms with Crippen molar-refractivity contribution in [3.63, 3.8) is 0 Å². The van der Waals surface area contributed by atoms with Gasteiger partial charge in [0.1, 0.15) is 5.75 Å². The van der Waals surface area contributed by atoms with E-state index in [1.807, 2.05) is 13.8 Å². The van der Waals surface area contributed by atoms with Gasteiger partial charge < -0.3 is 14.2 Å². The van der Waals surface area contributed by atoms with Crippen LogP contribution >= 0.6 is 0 Å². The van der Waals surface area contributed by atoms with Gasteiger partial charge in [0.15, 0.2) is 26.2 Å². The first kappa shape index (κ1) is 20.8. The third kappa shape index (κ3) is 4.24. The Balaban J connectivity index is 2.69. The van der Waals surface area contributed by atoms with Crippen molar-refractivity contribution < 1.29 is 27.4 Å². The molecule has 0 fully saturated rings. The number of methoxy groups -OCH3 is 3. The van der Waals surface area contributed by atoms with Gasteiger partial charge in [-0.05, 0) is 24.6 Å². The molecule has 1 aromatic rings. The quantitative estimate of drug-likeness (QED) is 0.789. The van der Waals surface area contributed by atoms with Crippen LogP contribution in [0.4, 0.5) is 0 Å². The average Bonchev–Trinajstić information content (AvgIpc) is 2.59. The Hall–Kier alpha value is -2.55. The van der Waals surface area contributed by atoms with E-state index in [9.17, 15) is 13.2 Å². The Morgan fingerprint density at radius 3 is 2.33 bits per heavy atom. The molecule has 2 rings (SSSR count). The molecule has 8 nitrogen and oxygen atoms in total. The molecule has 0 radical (unpaired) electrons. The highest BCUT2D eigenvalue weighted by atomic mass is 32.2. The number of benzene rings is 1. The SMILES string of the molecule is COc1cc(C=C(C)C2=NNC(=O)CC2C)c(OC)c(OC)c1S(C)(=O)=O. The number of amides is 1. The van der Waals surface area contributed by atoms with E-state index in [-0.39, 0.29) is 34.0 Å². The van der Waals surface area contributed by atoms with Crippen LogP contribution in [-0.4, -0.2) is 47.6 Å². The molecule has 1 aliphatic rings. The minimum absolute atomic E-state index is 0.0416. The van der Waals surface area contributed by atoms with E-state index in [0.29, 0.717) is 12.0 Å². The summed E-state index contributed by atoms with van der Waals surface area (Å²) in [6.07, 6.45) is 3.22. The minimum atomic E-state index is -3.62. The zero-order valence-corrected chi connectivity index (χ0v) is 17.1. The molecule has 1 heterocycles. The largest absolute Gasteiger partial charge is 0.495 e. The number of rotatable bonds is 6. The smallest absolute Gasteiger partial charge is 0.240 e. The van der Waals surface area contributed by atoms with Gasteiger partial charge in [-0.2, -0.15) is 5.10 Å². The van der Waals surface area contributed by atoms with Gasteiger partial charge in [-0.3, -0.25) is 4.79 Å². The second-order valence-corrected chi connectivity index (χ2v) is 8.25. The van der Waals surface area contributed by atoms with E-state index in [4.69, 9.17) is 14.2 Å². The summed E-state index contributed by atoms with van der Waals surface area (Å²) in [7, 11) is 0.569. The Morgan fingerprint density at radius 2 is 1.85 bits per heavy atom. The number of sulfone groups is 1. The highest BCUT2D eigenvalue weighted by Crippen LogP contribution is 2.44. The normalized spacial score (nSPS) is 17.9. The number of ether oxygens (including phenoxy) is 3. The van der Waals surface area contributed by atoms with Gasteiger partial charge in [-0.25, -0.2) is 13.8 Å². The summed E-state index contributed by atoms with van der Waals surface area (Å²) in [4.78, 5) is 11.4. The van der Waals surface area contributed by atoms with Gasteiger partial charge in [-0.1, -0.05) is 6.92 Å². The second kappa shape index (κ2) is 7.99. The lowest BCUT2D eigenvalue weighted by Crippen LogP contribution is -2.31.